The standard InChI is InChI=1S/C34H52FN3O10P2.C2HF3O2/c1-6-45-49(41,46-7-2)29(50(42,47-8-3)48-9-4)14-10-11-18-44-34(40)26-21-38(24-15-16-24)30-25(32(26)39)19-27(35)31(33(30)43-5)37-20-23-13-12-17-36-28(23)22-37;3-2(4,5)1(6)7/h19,21,23-24,28-29,36H,6-18,20,22H2,1-5H3;(H,6,7)/t23-,28+;/m0./s1. The van der Waals surface area contributed by atoms with Crippen molar-refractivity contribution in [1.82, 2.24) is 9.88 Å². The maximum atomic E-state index is 16.0. The summed E-state index contributed by atoms with van der Waals surface area (Å²) in [5.74, 6) is -3.45. The number of aliphatic carboxylic acids is 1. The number of esters is 1. The molecule has 322 valence electrons. The highest BCUT2D eigenvalue weighted by molar-refractivity contribution is 7.72. The number of carbonyl (C=O) groups excluding carboxylic acids is 1. The van der Waals surface area contributed by atoms with Gasteiger partial charge in [-0.1, -0.05) is 0 Å². The summed E-state index contributed by atoms with van der Waals surface area (Å²) < 4.78 is 111. The Hall–Kier alpha value is -3.05. The van der Waals surface area contributed by atoms with Crippen molar-refractivity contribution in [3.63, 3.8) is 0 Å². The lowest BCUT2D eigenvalue weighted by Gasteiger charge is -2.31. The largest absolute Gasteiger partial charge is 0.492 e. The predicted octanol–water partition coefficient (Wildman–Crippen LogP) is 7.49. The van der Waals surface area contributed by atoms with E-state index in [0.717, 1.165) is 32.2 Å². The van der Waals surface area contributed by atoms with Gasteiger partial charge in [-0.2, -0.15) is 13.2 Å². The van der Waals surface area contributed by atoms with Crippen molar-refractivity contribution in [1.29, 1.82) is 0 Å². The van der Waals surface area contributed by atoms with Crippen LogP contribution in [0.1, 0.15) is 89.0 Å². The maximum Gasteiger partial charge on any atom is 0.490 e. The van der Waals surface area contributed by atoms with Crippen LogP contribution in [0, 0.1) is 11.7 Å². The lowest BCUT2D eigenvalue weighted by Crippen LogP contribution is -2.40. The van der Waals surface area contributed by atoms with Crippen LogP contribution >= 0.6 is 15.2 Å². The topological polar surface area (TPSA) is 181 Å². The van der Waals surface area contributed by atoms with E-state index in [1.54, 1.807) is 27.7 Å². The Bertz CT molecular complexity index is 1810. The number of carboxylic acid groups (broad SMARTS) is 1. The molecule has 0 spiro atoms. The van der Waals surface area contributed by atoms with Gasteiger partial charge in [-0.05, 0) is 91.2 Å². The number of methoxy groups -OCH3 is 1. The Labute approximate surface area is 328 Å². The predicted molar refractivity (Wildman–Crippen MR) is 203 cm³/mol. The average Bonchev–Trinajstić information content (AvgIpc) is 3.90. The molecule has 21 heteroatoms. The van der Waals surface area contributed by atoms with Crippen molar-refractivity contribution in [2.45, 2.75) is 96.3 Å². The maximum absolute atomic E-state index is 16.0. The molecule has 1 saturated carbocycles. The lowest BCUT2D eigenvalue weighted by atomic mass is 9.94. The highest BCUT2D eigenvalue weighted by Gasteiger charge is 2.50. The smallest absolute Gasteiger partial charge is 0.490 e. The number of alkyl halides is 3. The number of ether oxygens (including phenoxy) is 2. The van der Waals surface area contributed by atoms with Crippen LogP contribution in [0.3, 0.4) is 0 Å². The van der Waals surface area contributed by atoms with E-state index in [0.29, 0.717) is 48.8 Å². The van der Waals surface area contributed by atoms with E-state index in [1.165, 1.54) is 19.4 Å². The van der Waals surface area contributed by atoms with Crippen molar-refractivity contribution in [3.8, 4) is 5.75 Å². The molecule has 0 unspecified atom stereocenters. The van der Waals surface area contributed by atoms with Crippen LogP contribution in [0.5, 0.6) is 5.75 Å². The first-order valence-electron chi connectivity index (χ1n) is 19.2. The molecule has 2 saturated heterocycles. The Morgan fingerprint density at radius 3 is 2.04 bits per heavy atom. The molecule has 2 aliphatic heterocycles. The number of benzene rings is 1. The third-order valence-corrected chi connectivity index (χ3v) is 15.9. The summed E-state index contributed by atoms with van der Waals surface area (Å²) in [7, 11) is -6.33. The number of carboxylic acids is 1. The zero-order valence-corrected chi connectivity index (χ0v) is 34.6. The van der Waals surface area contributed by atoms with Gasteiger partial charge in [-0.15, -0.1) is 0 Å². The Kier molecular flexibility index (Phi) is 16.6. The molecule has 15 nitrogen and oxygen atoms in total. The molecule has 1 aromatic heterocycles. The number of piperidine rings is 1. The number of rotatable bonds is 19. The molecular weight excluding hydrogens is 804 g/mol. The molecule has 1 aliphatic carbocycles. The van der Waals surface area contributed by atoms with Crippen LogP contribution in [0.4, 0.5) is 23.2 Å². The van der Waals surface area contributed by atoms with Gasteiger partial charge in [-0.25, -0.2) is 14.0 Å². The monoisotopic (exact) mass is 857 g/mol. The Balaban J connectivity index is 0.000000940. The number of unbranched alkanes of at least 4 members (excludes halogenated alkanes) is 1. The highest BCUT2D eigenvalue weighted by Crippen LogP contribution is 2.71. The van der Waals surface area contributed by atoms with E-state index < -0.39 is 50.0 Å². The molecule has 3 fully saturated rings. The van der Waals surface area contributed by atoms with Crippen molar-refractivity contribution < 1.29 is 69.0 Å². The molecule has 57 heavy (non-hydrogen) atoms. The van der Waals surface area contributed by atoms with Gasteiger partial charge >= 0.3 is 33.3 Å². The second-order valence-corrected chi connectivity index (χ2v) is 18.5. The average molecular weight is 858 g/mol. The molecule has 3 aliphatic rings. The van der Waals surface area contributed by atoms with Gasteiger partial charge in [0.05, 0.1) is 51.0 Å². The third-order valence-electron chi connectivity index (χ3n) is 9.78. The minimum Gasteiger partial charge on any atom is -0.492 e. The molecule has 2 aromatic rings. The van der Waals surface area contributed by atoms with E-state index >= 15 is 4.39 Å². The van der Waals surface area contributed by atoms with E-state index in [-0.39, 0.29) is 62.5 Å². The van der Waals surface area contributed by atoms with Crippen molar-refractivity contribution in [2.24, 2.45) is 5.92 Å². The van der Waals surface area contributed by atoms with Gasteiger partial charge in [-0.3, -0.25) is 13.9 Å². The SMILES string of the molecule is CCOP(=O)(OCC)C(CCCCOC(=O)c1cn(C2CC2)c2c(OC)c(N3C[C@@H]4CCCN[C@@H]4C3)c(F)cc2c1=O)P(=O)(OCC)OCC.O=C(O)C(F)(F)F. The summed E-state index contributed by atoms with van der Waals surface area (Å²) in [6.07, 6.45) is 0.984. The number of pyridine rings is 1. The number of nitrogens with one attached hydrogen (secondary N) is 1. The summed E-state index contributed by atoms with van der Waals surface area (Å²) in [4.78, 5) is 38.1. The summed E-state index contributed by atoms with van der Waals surface area (Å²) >= 11 is 0. The van der Waals surface area contributed by atoms with Crippen LogP contribution in [0.25, 0.3) is 10.9 Å². The first-order chi connectivity index (χ1) is 27.0. The molecule has 3 heterocycles. The molecule has 0 radical (unpaired) electrons. The number of hydrogen-bond acceptors (Lipinski definition) is 13. The lowest BCUT2D eigenvalue weighted by molar-refractivity contribution is -0.192. The second-order valence-electron chi connectivity index (χ2n) is 13.7. The van der Waals surface area contributed by atoms with Gasteiger partial charge in [0.15, 0.2) is 17.0 Å². The number of aromatic nitrogens is 1. The van der Waals surface area contributed by atoms with Gasteiger partial charge < -0.3 is 47.5 Å². The fraction of sp³-hybridized carbons (Fsp3) is 0.694. The van der Waals surface area contributed by atoms with Gasteiger partial charge in [0, 0.05) is 31.4 Å². The quantitative estimate of drug-likeness (QED) is 0.0614. The van der Waals surface area contributed by atoms with Gasteiger partial charge in [0.2, 0.25) is 5.43 Å². The molecule has 0 bridgehead atoms. The fourth-order valence-electron chi connectivity index (χ4n) is 7.25. The first kappa shape index (κ1) is 46.6. The molecule has 2 atom stereocenters. The van der Waals surface area contributed by atoms with Crippen molar-refractivity contribution >= 4 is 43.7 Å². The molecule has 1 aromatic carbocycles. The summed E-state index contributed by atoms with van der Waals surface area (Å²) in [5, 5.41) is 9.56. The third kappa shape index (κ3) is 11.2. The Morgan fingerprint density at radius 1 is 0.965 bits per heavy atom. The van der Waals surface area contributed by atoms with E-state index in [9.17, 15) is 31.9 Å². The van der Waals surface area contributed by atoms with Crippen LogP contribution < -0.4 is 20.4 Å². The summed E-state index contributed by atoms with van der Waals surface area (Å²) in [6, 6.07) is 1.54. The van der Waals surface area contributed by atoms with E-state index in [1.807, 2.05) is 9.47 Å². The van der Waals surface area contributed by atoms with Gasteiger partial charge in [0.25, 0.3) is 0 Å². The number of anilines is 1. The molecule has 0 amide bonds. The van der Waals surface area contributed by atoms with E-state index in [4.69, 9.17) is 37.5 Å². The van der Waals surface area contributed by atoms with Crippen LogP contribution in [-0.4, -0.2) is 99.0 Å². The molecular formula is C36H53F4N3O12P2. The number of fused-ring (bicyclic) bond motifs is 2. The van der Waals surface area contributed by atoms with Crippen LogP contribution in [0.2, 0.25) is 0 Å². The fourth-order valence-corrected chi connectivity index (χ4v) is 12.7. The molecule has 5 rings (SSSR count). The zero-order valence-electron chi connectivity index (χ0n) is 32.8. The van der Waals surface area contributed by atoms with E-state index in [2.05, 4.69) is 5.32 Å². The van der Waals surface area contributed by atoms with Crippen molar-refractivity contribution in [3.05, 3.63) is 33.9 Å². The zero-order chi connectivity index (χ0) is 42.1. The highest BCUT2D eigenvalue weighted by atomic mass is 31.2. The van der Waals surface area contributed by atoms with Crippen LogP contribution in [0.15, 0.2) is 17.1 Å². The minimum atomic E-state index is -5.08. The van der Waals surface area contributed by atoms with Gasteiger partial charge in [0.1, 0.15) is 11.3 Å². The normalized spacial score (nSPS) is 18.7. The second kappa shape index (κ2) is 20.3. The minimum absolute atomic E-state index is 0.0364. The number of carbonyl (C=O) groups is 2. The molecule has 2 N–H and O–H groups in total. The number of hydrogen-bond donors (Lipinski definition) is 2. The summed E-state index contributed by atoms with van der Waals surface area (Å²) in [5.41, 5.74) is -0.00795. The first-order valence-corrected chi connectivity index (χ1v) is 22.4. The number of nitrogens with zero attached hydrogens (tertiary/aromatic N) is 2. The summed E-state index contributed by atoms with van der Waals surface area (Å²) in [6.45, 7) is 9.15. The number of halogens is 4. The van der Waals surface area contributed by atoms with Crippen molar-refractivity contribution in [2.75, 3.05) is 64.7 Å². The van der Waals surface area contributed by atoms with Crippen LogP contribution in [-0.2, 0) is 36.8 Å². The Morgan fingerprint density at radius 2 is 1.54 bits per heavy atom.